The lowest BCUT2D eigenvalue weighted by Gasteiger charge is -2.24. The predicted octanol–water partition coefficient (Wildman–Crippen LogP) is 4.72. The van der Waals surface area contributed by atoms with Crippen molar-refractivity contribution in [2.75, 3.05) is 7.11 Å². The normalized spacial score (nSPS) is 12.1. The van der Waals surface area contributed by atoms with Crippen molar-refractivity contribution in [3.63, 3.8) is 0 Å². The van der Waals surface area contributed by atoms with Crippen molar-refractivity contribution < 1.29 is 33.0 Å². The van der Waals surface area contributed by atoms with E-state index in [0.717, 1.165) is 21.9 Å². The monoisotopic (exact) mass is 481 g/mol. The van der Waals surface area contributed by atoms with E-state index in [1.54, 1.807) is 27.0 Å². The van der Waals surface area contributed by atoms with E-state index in [0.29, 0.717) is 12.2 Å². The Bertz CT molecular complexity index is 1160. The highest BCUT2D eigenvalue weighted by molar-refractivity contribution is 5.87. The van der Waals surface area contributed by atoms with Crippen molar-refractivity contribution in [1.29, 1.82) is 0 Å². The molecule has 3 rings (SSSR count). The lowest BCUT2D eigenvalue weighted by atomic mass is 10.0. The summed E-state index contributed by atoms with van der Waals surface area (Å²) in [6.07, 6.45) is 1.76. The number of furan rings is 1. The molecule has 35 heavy (non-hydrogen) atoms. The highest BCUT2D eigenvalue weighted by Gasteiger charge is 2.29. The number of ether oxygens (including phenoxy) is 3. The molecule has 0 aliphatic rings. The minimum Gasteiger partial charge on any atom is -0.469 e. The third-order valence-electron chi connectivity index (χ3n) is 5.18. The average Bonchev–Trinajstić information content (AvgIpc) is 3.22. The number of fused-ring (bicyclic) bond motifs is 1. The van der Waals surface area contributed by atoms with E-state index in [9.17, 15) is 14.4 Å². The molecule has 186 valence electrons. The second-order valence-electron chi connectivity index (χ2n) is 9.15. The molecule has 0 aliphatic carbocycles. The zero-order valence-electron chi connectivity index (χ0n) is 20.5. The third kappa shape index (κ3) is 7.88. The molecule has 1 aromatic heterocycles. The molecule has 1 atom stereocenters. The van der Waals surface area contributed by atoms with Gasteiger partial charge in [0.05, 0.1) is 13.4 Å². The van der Waals surface area contributed by atoms with Gasteiger partial charge in [0.2, 0.25) is 0 Å². The number of alkyl carbamates (subject to hydrolysis) is 1. The van der Waals surface area contributed by atoms with E-state index in [2.05, 4.69) is 5.32 Å². The summed E-state index contributed by atoms with van der Waals surface area (Å²) in [5.41, 5.74) is 1.06. The van der Waals surface area contributed by atoms with Crippen LogP contribution in [0.25, 0.3) is 10.8 Å². The third-order valence-corrected chi connectivity index (χ3v) is 5.18. The summed E-state index contributed by atoms with van der Waals surface area (Å²) in [4.78, 5) is 36.8. The number of methoxy groups -OCH3 is 1. The van der Waals surface area contributed by atoms with Gasteiger partial charge in [0, 0.05) is 23.6 Å². The SMILES string of the molecule is COC(=O)CCc1ccc2c(CC(NC(=O)OCc3ccccc3)C(=O)OC(C)(C)C)occ2c1. The Labute approximate surface area is 204 Å². The average molecular weight is 482 g/mol. The zero-order valence-corrected chi connectivity index (χ0v) is 20.5. The Morgan fingerprint density at radius 1 is 1.03 bits per heavy atom. The van der Waals surface area contributed by atoms with Crippen LogP contribution in [0.5, 0.6) is 0 Å². The Hall–Kier alpha value is -3.81. The Morgan fingerprint density at radius 2 is 1.77 bits per heavy atom. The Morgan fingerprint density at radius 3 is 2.46 bits per heavy atom. The predicted molar refractivity (Wildman–Crippen MR) is 130 cm³/mol. The minimum atomic E-state index is -1.01. The molecule has 0 fully saturated rings. The van der Waals surface area contributed by atoms with Crippen LogP contribution in [-0.4, -0.2) is 36.8 Å². The van der Waals surface area contributed by atoms with Gasteiger partial charge in [0.1, 0.15) is 24.0 Å². The number of amides is 1. The fourth-order valence-corrected chi connectivity index (χ4v) is 3.48. The van der Waals surface area contributed by atoms with E-state index in [1.165, 1.54) is 7.11 Å². The standard InChI is InChI=1S/C27H31NO7/c1-27(2,3)35-25(30)22(28-26(31)34-16-19-8-6-5-7-9-19)15-23-21-12-10-18(11-13-24(29)32-4)14-20(21)17-33-23/h5-10,12,14,17,22H,11,13,15-16H2,1-4H3,(H,28,31). The van der Waals surface area contributed by atoms with Crippen molar-refractivity contribution in [1.82, 2.24) is 5.32 Å². The smallest absolute Gasteiger partial charge is 0.408 e. The van der Waals surface area contributed by atoms with Crippen LogP contribution in [0, 0.1) is 0 Å². The summed E-state index contributed by atoms with van der Waals surface area (Å²) in [7, 11) is 1.36. The van der Waals surface area contributed by atoms with Crippen LogP contribution in [0.3, 0.4) is 0 Å². The van der Waals surface area contributed by atoms with Gasteiger partial charge in [0.25, 0.3) is 0 Å². The van der Waals surface area contributed by atoms with E-state index in [1.807, 2.05) is 48.5 Å². The van der Waals surface area contributed by atoms with Crippen LogP contribution in [0.2, 0.25) is 0 Å². The maximum atomic E-state index is 12.9. The highest BCUT2D eigenvalue weighted by atomic mass is 16.6. The minimum absolute atomic E-state index is 0.0751. The molecule has 1 amide bonds. The summed E-state index contributed by atoms with van der Waals surface area (Å²) in [6, 6.07) is 13.9. The summed E-state index contributed by atoms with van der Waals surface area (Å²) >= 11 is 0. The topological polar surface area (TPSA) is 104 Å². The fraction of sp³-hybridized carbons (Fsp3) is 0.370. The summed E-state index contributed by atoms with van der Waals surface area (Å²) in [6.45, 7) is 5.35. The van der Waals surface area contributed by atoms with E-state index in [4.69, 9.17) is 18.6 Å². The van der Waals surface area contributed by atoms with Gasteiger partial charge in [-0.1, -0.05) is 42.5 Å². The van der Waals surface area contributed by atoms with Gasteiger partial charge in [0.15, 0.2) is 0 Å². The van der Waals surface area contributed by atoms with Crippen molar-refractivity contribution in [2.45, 2.75) is 58.3 Å². The number of esters is 2. The number of carbonyl (C=O) groups is 3. The molecule has 0 spiro atoms. The quantitative estimate of drug-likeness (QED) is 0.348. The molecule has 2 aromatic carbocycles. The van der Waals surface area contributed by atoms with E-state index in [-0.39, 0.29) is 25.4 Å². The number of hydrogen-bond acceptors (Lipinski definition) is 7. The summed E-state index contributed by atoms with van der Waals surface area (Å²) < 4.78 is 21.2. The summed E-state index contributed by atoms with van der Waals surface area (Å²) in [5.74, 6) is -0.337. The lowest BCUT2D eigenvalue weighted by molar-refractivity contribution is -0.157. The molecule has 1 N–H and O–H groups in total. The van der Waals surface area contributed by atoms with Crippen molar-refractivity contribution in [2.24, 2.45) is 0 Å². The largest absolute Gasteiger partial charge is 0.469 e. The molecule has 1 heterocycles. The van der Waals surface area contributed by atoms with Gasteiger partial charge in [-0.25, -0.2) is 9.59 Å². The van der Waals surface area contributed by atoms with Crippen molar-refractivity contribution >= 4 is 28.8 Å². The van der Waals surface area contributed by atoms with Gasteiger partial charge in [-0.3, -0.25) is 4.79 Å². The fourth-order valence-electron chi connectivity index (χ4n) is 3.48. The zero-order chi connectivity index (χ0) is 25.4. The number of benzene rings is 2. The van der Waals surface area contributed by atoms with Gasteiger partial charge in [-0.15, -0.1) is 0 Å². The van der Waals surface area contributed by atoms with Crippen LogP contribution < -0.4 is 5.32 Å². The number of carbonyl (C=O) groups excluding carboxylic acids is 3. The molecule has 0 saturated heterocycles. The second-order valence-corrected chi connectivity index (χ2v) is 9.15. The van der Waals surface area contributed by atoms with Crippen LogP contribution >= 0.6 is 0 Å². The molecular formula is C27H31NO7. The van der Waals surface area contributed by atoms with Crippen LogP contribution in [0.1, 0.15) is 44.1 Å². The number of aryl methyl sites for hydroxylation is 1. The Balaban J connectivity index is 1.73. The molecule has 0 radical (unpaired) electrons. The number of nitrogens with one attached hydrogen (secondary N) is 1. The van der Waals surface area contributed by atoms with Crippen molar-refractivity contribution in [3.8, 4) is 0 Å². The van der Waals surface area contributed by atoms with Crippen LogP contribution in [0.4, 0.5) is 4.79 Å². The molecule has 8 heteroatoms. The van der Waals surface area contributed by atoms with Gasteiger partial charge in [-0.05, 0) is 44.4 Å². The van der Waals surface area contributed by atoms with E-state index >= 15 is 0 Å². The van der Waals surface area contributed by atoms with Gasteiger partial charge in [-0.2, -0.15) is 0 Å². The lowest BCUT2D eigenvalue weighted by Crippen LogP contribution is -2.45. The maximum Gasteiger partial charge on any atom is 0.408 e. The molecule has 8 nitrogen and oxygen atoms in total. The molecule has 3 aromatic rings. The first-order valence-electron chi connectivity index (χ1n) is 11.4. The first-order valence-corrected chi connectivity index (χ1v) is 11.4. The number of hydrogen-bond donors (Lipinski definition) is 1. The first-order chi connectivity index (χ1) is 16.6. The number of rotatable bonds is 9. The molecule has 0 saturated carbocycles. The van der Waals surface area contributed by atoms with Gasteiger partial charge < -0.3 is 23.9 Å². The van der Waals surface area contributed by atoms with Crippen LogP contribution in [0.15, 0.2) is 59.2 Å². The van der Waals surface area contributed by atoms with Crippen molar-refractivity contribution in [3.05, 3.63) is 71.7 Å². The van der Waals surface area contributed by atoms with E-state index < -0.39 is 23.7 Å². The highest BCUT2D eigenvalue weighted by Crippen LogP contribution is 2.25. The molecular weight excluding hydrogens is 450 g/mol. The molecule has 1 unspecified atom stereocenters. The van der Waals surface area contributed by atoms with Crippen LogP contribution in [-0.2, 0) is 43.2 Å². The molecule has 0 aliphatic heterocycles. The Kier molecular flexibility index (Phi) is 8.52. The summed E-state index contributed by atoms with van der Waals surface area (Å²) in [5, 5.41) is 4.25. The van der Waals surface area contributed by atoms with Gasteiger partial charge >= 0.3 is 18.0 Å². The maximum absolute atomic E-state index is 12.9. The first kappa shape index (κ1) is 25.8. The molecule has 0 bridgehead atoms. The second kappa shape index (κ2) is 11.6.